The van der Waals surface area contributed by atoms with Gasteiger partial charge in [-0.25, -0.2) is 9.37 Å². The molecule has 0 unspecified atom stereocenters. The minimum atomic E-state index is -0.439. The molecule has 1 aliphatic rings. The molecule has 3 rings (SSSR count). The molecule has 21 heavy (non-hydrogen) atoms. The van der Waals surface area contributed by atoms with Crippen molar-refractivity contribution in [3.05, 3.63) is 48.3 Å². The fraction of sp³-hybridized carbons (Fsp3) is 0.333. The van der Waals surface area contributed by atoms with Gasteiger partial charge in [-0.3, -0.25) is 4.79 Å². The van der Waals surface area contributed by atoms with Crippen LogP contribution in [0.2, 0.25) is 0 Å². The van der Waals surface area contributed by atoms with Gasteiger partial charge in [0.05, 0.1) is 17.7 Å². The van der Waals surface area contributed by atoms with Crippen LogP contribution in [0.25, 0.3) is 0 Å². The lowest BCUT2D eigenvalue weighted by Crippen LogP contribution is -2.18. The van der Waals surface area contributed by atoms with Crippen LogP contribution in [0, 0.1) is 5.82 Å². The summed E-state index contributed by atoms with van der Waals surface area (Å²) in [4.78, 5) is 16.1. The van der Waals surface area contributed by atoms with Crippen molar-refractivity contribution in [3.63, 3.8) is 0 Å². The number of benzene rings is 1. The maximum absolute atomic E-state index is 13.4. The summed E-state index contributed by atoms with van der Waals surface area (Å²) in [7, 11) is 0. The largest absolute Gasteiger partial charge is 0.328 e. The van der Waals surface area contributed by atoms with Crippen molar-refractivity contribution in [3.8, 4) is 0 Å². The highest BCUT2D eigenvalue weighted by Gasteiger charge is 2.20. The number of nitrogens with zero attached hydrogens (tertiary/aromatic N) is 2. The predicted molar refractivity (Wildman–Crippen MR) is 77.1 cm³/mol. The van der Waals surface area contributed by atoms with Crippen molar-refractivity contribution in [2.24, 2.45) is 0 Å². The van der Waals surface area contributed by atoms with E-state index in [0.717, 1.165) is 5.69 Å². The van der Waals surface area contributed by atoms with Gasteiger partial charge in [-0.05, 0) is 25.0 Å². The van der Waals surface area contributed by atoms with E-state index < -0.39 is 5.82 Å². The van der Waals surface area contributed by atoms with Gasteiger partial charge < -0.3 is 15.2 Å². The predicted octanol–water partition coefficient (Wildman–Crippen LogP) is 1.91. The highest BCUT2D eigenvalue weighted by Crippen LogP contribution is 2.19. The third kappa shape index (κ3) is 3.88. The molecule has 0 bridgehead atoms. The van der Waals surface area contributed by atoms with Gasteiger partial charge in [0.25, 0.3) is 0 Å². The average Bonchev–Trinajstić information content (AvgIpc) is 3.19. The van der Waals surface area contributed by atoms with Crippen molar-refractivity contribution >= 4 is 11.6 Å². The lowest BCUT2D eigenvalue weighted by atomic mass is 10.3. The topological polar surface area (TPSA) is 59.0 Å². The Balaban J connectivity index is 1.53. The van der Waals surface area contributed by atoms with Gasteiger partial charge in [-0.1, -0.05) is 12.1 Å². The van der Waals surface area contributed by atoms with Crippen molar-refractivity contribution in [2.45, 2.75) is 32.0 Å². The first-order valence-corrected chi connectivity index (χ1v) is 6.99. The van der Waals surface area contributed by atoms with Gasteiger partial charge in [-0.15, -0.1) is 0 Å². The molecule has 0 aliphatic heterocycles. The molecule has 1 aromatic heterocycles. The van der Waals surface area contributed by atoms with Crippen LogP contribution < -0.4 is 10.6 Å². The summed E-state index contributed by atoms with van der Waals surface area (Å²) in [6.07, 6.45) is 5.90. The number of carbonyl (C=O) groups excluding carboxylic acids is 1. The standard InChI is InChI=1S/C15H17FN4O/c16-13-3-1-2-4-14(13)19-15(21)9-20-8-12(18-10-20)7-17-11-5-6-11/h1-4,8,10-11,17H,5-7,9H2,(H,19,21). The van der Waals surface area contributed by atoms with Crippen molar-refractivity contribution in [1.29, 1.82) is 0 Å². The number of rotatable bonds is 6. The van der Waals surface area contributed by atoms with Crippen LogP contribution in [0.3, 0.4) is 0 Å². The second kappa shape index (κ2) is 6.05. The molecule has 1 aromatic carbocycles. The number of para-hydroxylation sites is 1. The van der Waals surface area contributed by atoms with E-state index in [1.807, 2.05) is 6.20 Å². The number of halogens is 1. The van der Waals surface area contributed by atoms with E-state index in [9.17, 15) is 9.18 Å². The molecular weight excluding hydrogens is 271 g/mol. The van der Waals surface area contributed by atoms with Crippen LogP contribution in [-0.4, -0.2) is 21.5 Å². The summed E-state index contributed by atoms with van der Waals surface area (Å²) < 4.78 is 15.1. The summed E-state index contributed by atoms with van der Waals surface area (Å²) in [5, 5.41) is 5.91. The zero-order valence-corrected chi connectivity index (χ0v) is 11.6. The Bertz CT molecular complexity index is 636. The van der Waals surface area contributed by atoms with Gasteiger partial charge >= 0.3 is 0 Å². The molecule has 110 valence electrons. The number of hydrogen-bond donors (Lipinski definition) is 2. The Kier molecular flexibility index (Phi) is 3.96. The maximum atomic E-state index is 13.4. The van der Waals surface area contributed by atoms with Crippen LogP contribution in [0.5, 0.6) is 0 Å². The molecule has 1 fully saturated rings. The van der Waals surface area contributed by atoms with Gasteiger partial charge in [0.2, 0.25) is 5.91 Å². The van der Waals surface area contributed by atoms with Crippen LogP contribution in [0.4, 0.5) is 10.1 Å². The molecule has 5 nitrogen and oxygen atoms in total. The third-order valence-corrected chi connectivity index (χ3v) is 3.31. The second-order valence-corrected chi connectivity index (χ2v) is 5.22. The molecule has 1 amide bonds. The van der Waals surface area contributed by atoms with Crippen molar-refractivity contribution < 1.29 is 9.18 Å². The van der Waals surface area contributed by atoms with E-state index >= 15 is 0 Å². The van der Waals surface area contributed by atoms with Crippen LogP contribution in [0.1, 0.15) is 18.5 Å². The van der Waals surface area contributed by atoms with Gasteiger partial charge in [0.1, 0.15) is 12.4 Å². The Morgan fingerprint density at radius 1 is 1.38 bits per heavy atom. The molecule has 2 aromatic rings. The number of imidazole rings is 1. The SMILES string of the molecule is O=C(Cn1cnc(CNC2CC2)c1)Nc1ccccc1F. The third-order valence-electron chi connectivity index (χ3n) is 3.31. The number of amides is 1. The number of carbonyl (C=O) groups is 1. The number of aromatic nitrogens is 2. The van der Waals surface area contributed by atoms with E-state index in [1.54, 1.807) is 23.0 Å². The molecule has 2 N–H and O–H groups in total. The van der Waals surface area contributed by atoms with Gasteiger partial charge in [0, 0.05) is 18.8 Å². The van der Waals surface area contributed by atoms with E-state index in [0.29, 0.717) is 12.6 Å². The Morgan fingerprint density at radius 2 is 2.19 bits per heavy atom. The smallest absolute Gasteiger partial charge is 0.244 e. The fourth-order valence-corrected chi connectivity index (χ4v) is 2.04. The first-order valence-electron chi connectivity index (χ1n) is 6.99. The zero-order chi connectivity index (χ0) is 14.7. The highest BCUT2D eigenvalue weighted by atomic mass is 19.1. The summed E-state index contributed by atoms with van der Waals surface area (Å²) in [6, 6.07) is 6.73. The van der Waals surface area contributed by atoms with E-state index in [2.05, 4.69) is 15.6 Å². The Morgan fingerprint density at radius 3 is 2.95 bits per heavy atom. The number of anilines is 1. The lowest BCUT2D eigenvalue weighted by Gasteiger charge is -2.06. The molecule has 0 saturated heterocycles. The maximum Gasteiger partial charge on any atom is 0.244 e. The molecular formula is C15H17FN4O. The number of hydrogen-bond acceptors (Lipinski definition) is 3. The second-order valence-electron chi connectivity index (χ2n) is 5.22. The van der Waals surface area contributed by atoms with Gasteiger partial charge in [-0.2, -0.15) is 0 Å². The molecule has 1 saturated carbocycles. The fourth-order valence-electron chi connectivity index (χ4n) is 2.04. The Labute approximate surface area is 122 Å². The highest BCUT2D eigenvalue weighted by molar-refractivity contribution is 5.90. The van der Waals surface area contributed by atoms with Crippen LogP contribution in [0.15, 0.2) is 36.8 Å². The molecule has 1 aliphatic carbocycles. The molecule has 6 heteroatoms. The lowest BCUT2D eigenvalue weighted by molar-refractivity contribution is -0.116. The Hall–Kier alpha value is -2.21. The summed E-state index contributed by atoms with van der Waals surface area (Å²) in [6.45, 7) is 0.831. The molecule has 0 atom stereocenters. The monoisotopic (exact) mass is 288 g/mol. The summed E-state index contributed by atoms with van der Waals surface area (Å²) >= 11 is 0. The normalized spacial score (nSPS) is 14.1. The van der Waals surface area contributed by atoms with E-state index in [1.165, 1.54) is 25.0 Å². The molecule has 0 spiro atoms. The summed E-state index contributed by atoms with van der Waals surface area (Å²) in [5.41, 5.74) is 1.10. The van der Waals surface area contributed by atoms with Crippen molar-refractivity contribution in [2.75, 3.05) is 5.32 Å². The zero-order valence-electron chi connectivity index (χ0n) is 11.6. The average molecular weight is 288 g/mol. The summed E-state index contributed by atoms with van der Waals surface area (Å²) in [5.74, 6) is -0.718. The molecule has 0 radical (unpaired) electrons. The first kappa shape index (κ1) is 13.8. The number of nitrogens with one attached hydrogen (secondary N) is 2. The van der Waals surface area contributed by atoms with Crippen LogP contribution in [-0.2, 0) is 17.9 Å². The van der Waals surface area contributed by atoms with Gasteiger partial charge in [0.15, 0.2) is 0 Å². The van der Waals surface area contributed by atoms with Crippen molar-refractivity contribution in [1.82, 2.24) is 14.9 Å². The van der Waals surface area contributed by atoms with E-state index in [4.69, 9.17) is 0 Å². The first-order chi connectivity index (χ1) is 10.2. The minimum absolute atomic E-state index is 0.116. The van der Waals surface area contributed by atoms with Crippen LogP contribution >= 0.6 is 0 Å². The quantitative estimate of drug-likeness (QED) is 0.853. The minimum Gasteiger partial charge on any atom is -0.328 e. The molecule has 1 heterocycles. The van der Waals surface area contributed by atoms with E-state index in [-0.39, 0.29) is 18.1 Å².